The zero-order valence-corrected chi connectivity index (χ0v) is 17.5. The smallest absolute Gasteiger partial charge is 0.191 e. The lowest BCUT2D eigenvalue weighted by Crippen LogP contribution is -2.29. The molecule has 2 aromatic rings. The van der Waals surface area contributed by atoms with Gasteiger partial charge in [0, 0.05) is 24.7 Å². The minimum atomic E-state index is 0.572. The Morgan fingerprint density at radius 3 is 2.67 bits per heavy atom. The number of anilines is 1. The number of aromatic nitrogens is 3. The van der Waals surface area contributed by atoms with Gasteiger partial charge in [0.2, 0.25) is 0 Å². The van der Waals surface area contributed by atoms with Crippen LogP contribution < -0.4 is 15.4 Å². The van der Waals surface area contributed by atoms with Crippen molar-refractivity contribution in [2.75, 3.05) is 25.2 Å². The van der Waals surface area contributed by atoms with Crippen LogP contribution in [0.25, 0.3) is 0 Å². The fraction of sp³-hybridized carbons (Fsp3) is 0.526. The van der Waals surface area contributed by atoms with Crippen LogP contribution in [0, 0.1) is 0 Å². The summed E-state index contributed by atoms with van der Waals surface area (Å²) in [6.45, 7) is 0.800. The zero-order valence-electron chi connectivity index (χ0n) is 15.9. The zero-order chi connectivity index (χ0) is 19.1. The molecule has 0 spiro atoms. The molecule has 0 aliphatic heterocycles. The molecule has 1 heterocycles. The molecule has 1 aromatic heterocycles. The molecule has 2 N–H and O–H groups in total. The fourth-order valence-electron chi connectivity index (χ4n) is 3.44. The van der Waals surface area contributed by atoms with Crippen LogP contribution in [-0.2, 0) is 6.42 Å². The molecule has 6 nitrogen and oxygen atoms in total. The van der Waals surface area contributed by atoms with Crippen LogP contribution in [0.1, 0.15) is 44.0 Å². The van der Waals surface area contributed by atoms with Gasteiger partial charge >= 0.3 is 0 Å². The average Bonchev–Trinajstić information content (AvgIpc) is 3.35. The summed E-state index contributed by atoms with van der Waals surface area (Å²) in [6.07, 6.45) is 9.04. The van der Waals surface area contributed by atoms with Crippen molar-refractivity contribution < 1.29 is 4.74 Å². The first-order valence-electron chi connectivity index (χ1n) is 9.38. The first kappa shape index (κ1) is 19.9. The summed E-state index contributed by atoms with van der Waals surface area (Å²) in [4.78, 5) is 0. The number of hydrogen-bond donors (Lipinski definition) is 2. The molecular weight excluding hydrogens is 378 g/mol. The molecule has 146 valence electrons. The van der Waals surface area contributed by atoms with Crippen LogP contribution in [0.3, 0.4) is 0 Å². The molecule has 8 heteroatoms. The van der Waals surface area contributed by atoms with Gasteiger partial charge in [-0.2, -0.15) is 0 Å². The van der Waals surface area contributed by atoms with Crippen molar-refractivity contribution >= 4 is 34.8 Å². The van der Waals surface area contributed by atoms with Crippen molar-refractivity contribution in [2.45, 2.75) is 49.7 Å². The molecule has 0 unspecified atom stereocenters. The second-order valence-electron chi connectivity index (χ2n) is 6.62. The number of thioether (sulfide) groups is 1. The molecule has 3 rings (SSSR count). The summed E-state index contributed by atoms with van der Waals surface area (Å²) in [7, 11) is 1.66. The minimum absolute atomic E-state index is 0.572. The van der Waals surface area contributed by atoms with Gasteiger partial charge in [0.05, 0.1) is 7.11 Å². The Morgan fingerprint density at radius 1 is 1.26 bits per heavy atom. The molecule has 0 bridgehead atoms. The Hall–Kier alpha value is -1.80. The van der Waals surface area contributed by atoms with Gasteiger partial charge in [0.1, 0.15) is 11.6 Å². The van der Waals surface area contributed by atoms with Gasteiger partial charge in [-0.05, 0) is 62.0 Å². The Bertz CT molecular complexity index is 741. The number of ether oxygens (including phenoxy) is 1. The predicted octanol–water partition coefficient (Wildman–Crippen LogP) is 4.04. The van der Waals surface area contributed by atoms with Crippen LogP contribution in [-0.4, -0.2) is 39.8 Å². The van der Waals surface area contributed by atoms with Crippen molar-refractivity contribution in [3.8, 4) is 5.75 Å². The molecule has 1 saturated carbocycles. The first-order chi connectivity index (χ1) is 13.2. The molecule has 1 fully saturated rings. The first-order valence-corrected chi connectivity index (χ1v) is 11.0. The van der Waals surface area contributed by atoms with E-state index in [4.69, 9.17) is 17.0 Å². The van der Waals surface area contributed by atoms with Crippen LogP contribution in [0.4, 0.5) is 5.69 Å². The van der Waals surface area contributed by atoms with E-state index in [9.17, 15) is 0 Å². The lowest BCUT2D eigenvalue weighted by Gasteiger charge is -2.16. The fourth-order valence-corrected chi connectivity index (χ4v) is 4.24. The van der Waals surface area contributed by atoms with Crippen molar-refractivity contribution in [2.24, 2.45) is 0 Å². The number of benzene rings is 1. The monoisotopic (exact) mass is 405 g/mol. The summed E-state index contributed by atoms with van der Waals surface area (Å²) in [5.74, 6) is 1.93. The second-order valence-corrected chi connectivity index (χ2v) is 7.81. The van der Waals surface area contributed by atoms with Crippen LogP contribution in [0.2, 0.25) is 0 Å². The summed E-state index contributed by atoms with van der Waals surface area (Å²) < 4.78 is 7.53. The van der Waals surface area contributed by atoms with E-state index in [0.29, 0.717) is 11.2 Å². The predicted molar refractivity (Wildman–Crippen MR) is 115 cm³/mol. The number of thiocarbonyl (C=S) groups is 1. The molecule has 0 radical (unpaired) electrons. The average molecular weight is 406 g/mol. The van der Waals surface area contributed by atoms with Gasteiger partial charge in [-0.1, -0.05) is 24.6 Å². The molecule has 0 amide bonds. The maximum absolute atomic E-state index is 5.37. The third kappa shape index (κ3) is 5.35. The Labute approximate surface area is 170 Å². The van der Waals surface area contributed by atoms with Crippen LogP contribution >= 0.6 is 24.0 Å². The number of hydrogen-bond acceptors (Lipinski definition) is 5. The Balaban J connectivity index is 1.45. The van der Waals surface area contributed by atoms with E-state index in [1.807, 2.05) is 24.3 Å². The lowest BCUT2D eigenvalue weighted by molar-refractivity contribution is 0.415. The van der Waals surface area contributed by atoms with E-state index in [2.05, 4.69) is 31.7 Å². The van der Waals surface area contributed by atoms with Crippen molar-refractivity contribution in [1.82, 2.24) is 20.1 Å². The van der Waals surface area contributed by atoms with E-state index in [-0.39, 0.29) is 0 Å². The highest BCUT2D eigenvalue weighted by Gasteiger charge is 2.23. The maximum atomic E-state index is 5.37. The molecule has 1 aromatic carbocycles. The van der Waals surface area contributed by atoms with Gasteiger partial charge in [-0.25, -0.2) is 0 Å². The third-order valence-corrected chi connectivity index (χ3v) is 5.71. The summed E-state index contributed by atoms with van der Waals surface area (Å²) in [5, 5.41) is 16.9. The lowest BCUT2D eigenvalue weighted by atomic mass is 10.2. The summed E-state index contributed by atoms with van der Waals surface area (Å²) in [6, 6.07) is 8.28. The standard InChI is InChI=1S/C19H27N5OS2/c1-25-16-11-9-14(10-12-16)21-18(26)20-13-5-8-17-22-23-19(27-2)24(17)15-6-3-4-7-15/h9-12,15H,3-8,13H2,1-2H3,(H2,20,21,26). The maximum Gasteiger partial charge on any atom is 0.191 e. The normalized spacial score (nSPS) is 14.3. The number of aryl methyl sites for hydroxylation is 1. The number of methoxy groups -OCH3 is 1. The highest BCUT2D eigenvalue weighted by molar-refractivity contribution is 7.98. The second kappa shape index (κ2) is 9.94. The van der Waals surface area contributed by atoms with E-state index in [1.165, 1.54) is 25.7 Å². The molecule has 0 atom stereocenters. The van der Waals surface area contributed by atoms with Crippen molar-refractivity contribution in [1.29, 1.82) is 0 Å². The Morgan fingerprint density at radius 2 is 2.00 bits per heavy atom. The number of nitrogens with zero attached hydrogens (tertiary/aromatic N) is 3. The molecular formula is C19H27N5OS2. The topological polar surface area (TPSA) is 64.0 Å². The summed E-state index contributed by atoms with van der Waals surface area (Å²) in [5.41, 5.74) is 0.943. The Kier molecular flexibility index (Phi) is 7.34. The highest BCUT2D eigenvalue weighted by atomic mass is 32.2. The van der Waals surface area contributed by atoms with E-state index in [0.717, 1.165) is 41.8 Å². The van der Waals surface area contributed by atoms with Gasteiger partial charge in [-0.3, -0.25) is 0 Å². The van der Waals surface area contributed by atoms with Crippen LogP contribution in [0.5, 0.6) is 5.75 Å². The molecule has 1 aliphatic rings. The largest absolute Gasteiger partial charge is 0.497 e. The SMILES string of the molecule is COc1ccc(NC(=S)NCCCc2nnc(SC)n2C2CCCC2)cc1. The third-order valence-electron chi connectivity index (χ3n) is 4.82. The van der Waals surface area contributed by atoms with Crippen LogP contribution in [0.15, 0.2) is 29.4 Å². The number of nitrogens with one attached hydrogen (secondary N) is 2. The van der Waals surface area contributed by atoms with E-state index < -0.39 is 0 Å². The van der Waals surface area contributed by atoms with Gasteiger partial charge < -0.3 is 19.9 Å². The molecule has 0 saturated heterocycles. The van der Waals surface area contributed by atoms with Gasteiger partial charge in [0.15, 0.2) is 10.3 Å². The quantitative estimate of drug-likeness (QED) is 0.390. The summed E-state index contributed by atoms with van der Waals surface area (Å²) >= 11 is 7.06. The number of rotatable bonds is 8. The van der Waals surface area contributed by atoms with Gasteiger partial charge in [-0.15, -0.1) is 10.2 Å². The molecule has 1 aliphatic carbocycles. The molecule has 27 heavy (non-hydrogen) atoms. The van der Waals surface area contributed by atoms with Crippen molar-refractivity contribution in [3.63, 3.8) is 0 Å². The van der Waals surface area contributed by atoms with E-state index >= 15 is 0 Å². The highest BCUT2D eigenvalue weighted by Crippen LogP contribution is 2.33. The van der Waals surface area contributed by atoms with Crippen molar-refractivity contribution in [3.05, 3.63) is 30.1 Å². The minimum Gasteiger partial charge on any atom is -0.497 e. The van der Waals surface area contributed by atoms with E-state index in [1.54, 1.807) is 18.9 Å². The van der Waals surface area contributed by atoms with Gasteiger partial charge in [0.25, 0.3) is 0 Å².